The Bertz CT molecular complexity index is 762. The smallest absolute Gasteiger partial charge is 0.131 e. The van der Waals surface area contributed by atoms with Crippen LogP contribution < -0.4 is 5.32 Å². The summed E-state index contributed by atoms with van der Waals surface area (Å²) in [6, 6.07) is 7.93. The molecule has 118 valence electrons. The molecule has 1 aliphatic rings. The van der Waals surface area contributed by atoms with Crippen molar-refractivity contribution in [2.45, 2.75) is 25.4 Å². The number of benzene rings is 1. The van der Waals surface area contributed by atoms with E-state index >= 15 is 0 Å². The van der Waals surface area contributed by atoms with E-state index in [4.69, 9.17) is 16.1 Å². The standard InChI is InChI=1S/C17H17ClN4O/c18-13-5-3-11(4-6-13)14-10-23-22-15(14)9-21-16(12-1-2-12)17-19-7-8-20-17/h3-8,10,12,16,21H,1-2,9H2,(H,19,20). The van der Waals surface area contributed by atoms with Gasteiger partial charge in [-0.15, -0.1) is 0 Å². The molecule has 1 saturated carbocycles. The lowest BCUT2D eigenvalue weighted by molar-refractivity contribution is 0.398. The topological polar surface area (TPSA) is 66.7 Å². The number of nitrogens with one attached hydrogen (secondary N) is 2. The van der Waals surface area contributed by atoms with Gasteiger partial charge in [0.1, 0.15) is 17.8 Å². The Labute approximate surface area is 139 Å². The number of imidazole rings is 1. The SMILES string of the molecule is Clc1ccc(-c2conc2CNC(c2ncc[nH]2)C2CC2)cc1. The Balaban J connectivity index is 1.51. The molecule has 0 aliphatic heterocycles. The first-order valence-corrected chi connectivity index (χ1v) is 8.11. The van der Waals surface area contributed by atoms with E-state index in [2.05, 4.69) is 20.4 Å². The van der Waals surface area contributed by atoms with Gasteiger partial charge >= 0.3 is 0 Å². The van der Waals surface area contributed by atoms with E-state index < -0.39 is 0 Å². The molecule has 0 bridgehead atoms. The fraction of sp³-hybridized carbons (Fsp3) is 0.294. The van der Waals surface area contributed by atoms with Gasteiger partial charge in [0.15, 0.2) is 0 Å². The highest BCUT2D eigenvalue weighted by Crippen LogP contribution is 2.40. The molecule has 4 rings (SSSR count). The van der Waals surface area contributed by atoms with Crippen LogP contribution in [0, 0.1) is 5.92 Å². The zero-order valence-corrected chi connectivity index (χ0v) is 13.3. The first-order valence-electron chi connectivity index (χ1n) is 7.73. The molecule has 1 aliphatic carbocycles. The van der Waals surface area contributed by atoms with Crippen LogP contribution in [0.5, 0.6) is 0 Å². The Hall–Kier alpha value is -2.11. The van der Waals surface area contributed by atoms with Crippen LogP contribution in [0.15, 0.2) is 47.4 Å². The second kappa shape index (κ2) is 6.18. The number of hydrogen-bond donors (Lipinski definition) is 2. The van der Waals surface area contributed by atoms with Crippen LogP contribution in [-0.4, -0.2) is 15.1 Å². The molecule has 2 heterocycles. The molecule has 0 saturated heterocycles. The van der Waals surface area contributed by atoms with Crippen LogP contribution in [0.2, 0.25) is 5.02 Å². The molecule has 23 heavy (non-hydrogen) atoms. The first-order chi connectivity index (χ1) is 11.3. The highest BCUT2D eigenvalue weighted by molar-refractivity contribution is 6.30. The summed E-state index contributed by atoms with van der Waals surface area (Å²) in [6.07, 6.45) is 7.81. The third-order valence-electron chi connectivity index (χ3n) is 4.20. The van der Waals surface area contributed by atoms with Gasteiger partial charge in [-0.25, -0.2) is 4.98 Å². The van der Waals surface area contributed by atoms with Crippen LogP contribution in [0.1, 0.15) is 30.4 Å². The van der Waals surface area contributed by atoms with Gasteiger partial charge < -0.3 is 14.8 Å². The van der Waals surface area contributed by atoms with E-state index in [1.54, 1.807) is 12.5 Å². The van der Waals surface area contributed by atoms with Crippen LogP contribution in [0.25, 0.3) is 11.1 Å². The summed E-state index contributed by atoms with van der Waals surface area (Å²) in [4.78, 5) is 7.60. The summed E-state index contributed by atoms with van der Waals surface area (Å²) in [5, 5.41) is 8.43. The average molecular weight is 329 g/mol. The highest BCUT2D eigenvalue weighted by atomic mass is 35.5. The zero-order chi connectivity index (χ0) is 15.6. The third kappa shape index (κ3) is 3.16. The van der Waals surface area contributed by atoms with Gasteiger partial charge in [0.2, 0.25) is 0 Å². The van der Waals surface area contributed by atoms with E-state index in [-0.39, 0.29) is 6.04 Å². The van der Waals surface area contributed by atoms with Gasteiger partial charge in [-0.05, 0) is 36.5 Å². The van der Waals surface area contributed by atoms with Gasteiger partial charge in [0.05, 0.1) is 6.04 Å². The summed E-state index contributed by atoms with van der Waals surface area (Å²) in [5.41, 5.74) is 2.93. The molecule has 0 amide bonds. The van der Waals surface area contributed by atoms with Crippen LogP contribution in [-0.2, 0) is 6.54 Å². The molecular weight excluding hydrogens is 312 g/mol. The number of hydrogen-bond acceptors (Lipinski definition) is 4. The lowest BCUT2D eigenvalue weighted by Crippen LogP contribution is -2.24. The molecule has 2 aromatic heterocycles. The van der Waals surface area contributed by atoms with Gasteiger partial charge in [-0.2, -0.15) is 0 Å². The quantitative estimate of drug-likeness (QED) is 0.718. The summed E-state index contributed by atoms with van der Waals surface area (Å²) in [5.74, 6) is 1.64. The van der Waals surface area contributed by atoms with Crippen molar-refractivity contribution in [2.24, 2.45) is 5.92 Å². The highest BCUT2D eigenvalue weighted by Gasteiger charge is 2.33. The molecule has 1 unspecified atom stereocenters. The summed E-state index contributed by atoms with van der Waals surface area (Å²) in [7, 11) is 0. The summed E-state index contributed by atoms with van der Waals surface area (Å²) in [6.45, 7) is 0.635. The molecule has 5 nitrogen and oxygen atoms in total. The minimum Gasteiger partial charge on any atom is -0.364 e. The Morgan fingerprint density at radius 3 is 2.83 bits per heavy atom. The maximum absolute atomic E-state index is 5.95. The fourth-order valence-corrected chi connectivity index (χ4v) is 2.95. The normalized spacial score (nSPS) is 15.7. The molecule has 0 radical (unpaired) electrons. The molecule has 1 fully saturated rings. The van der Waals surface area contributed by atoms with Crippen molar-refractivity contribution in [1.29, 1.82) is 0 Å². The maximum atomic E-state index is 5.95. The number of aromatic amines is 1. The lowest BCUT2D eigenvalue weighted by atomic mass is 10.1. The largest absolute Gasteiger partial charge is 0.364 e. The van der Waals surface area contributed by atoms with Crippen LogP contribution >= 0.6 is 11.6 Å². The molecular formula is C17H17ClN4O. The van der Waals surface area contributed by atoms with E-state index in [0.717, 1.165) is 27.7 Å². The third-order valence-corrected chi connectivity index (χ3v) is 4.45. The predicted molar refractivity (Wildman–Crippen MR) is 87.8 cm³/mol. The molecule has 1 atom stereocenters. The summed E-state index contributed by atoms with van der Waals surface area (Å²) < 4.78 is 5.18. The van der Waals surface area contributed by atoms with E-state index in [1.807, 2.05) is 30.5 Å². The number of halogens is 1. The number of H-pyrrole nitrogens is 1. The van der Waals surface area contributed by atoms with Crippen molar-refractivity contribution >= 4 is 11.6 Å². The second-order valence-electron chi connectivity index (χ2n) is 5.85. The van der Waals surface area contributed by atoms with E-state index in [0.29, 0.717) is 12.5 Å². The van der Waals surface area contributed by atoms with Gasteiger partial charge in [-0.3, -0.25) is 0 Å². The Morgan fingerprint density at radius 2 is 2.13 bits per heavy atom. The van der Waals surface area contributed by atoms with E-state index in [9.17, 15) is 0 Å². The minimum atomic E-state index is 0.236. The Kier molecular flexibility index (Phi) is 3.89. The van der Waals surface area contributed by atoms with Crippen molar-refractivity contribution in [3.05, 3.63) is 59.5 Å². The molecule has 2 N–H and O–H groups in total. The van der Waals surface area contributed by atoms with Crippen molar-refractivity contribution < 1.29 is 4.52 Å². The molecule has 0 spiro atoms. The second-order valence-corrected chi connectivity index (χ2v) is 6.29. The van der Waals surface area contributed by atoms with Gasteiger partial charge in [0, 0.05) is 29.5 Å². The van der Waals surface area contributed by atoms with E-state index in [1.165, 1.54) is 12.8 Å². The van der Waals surface area contributed by atoms with Gasteiger partial charge in [-0.1, -0.05) is 28.9 Å². The summed E-state index contributed by atoms with van der Waals surface area (Å²) >= 11 is 5.95. The van der Waals surface area contributed by atoms with Crippen LogP contribution in [0.3, 0.4) is 0 Å². The van der Waals surface area contributed by atoms with Crippen molar-refractivity contribution in [3.63, 3.8) is 0 Å². The predicted octanol–water partition coefficient (Wildman–Crippen LogP) is 3.96. The van der Waals surface area contributed by atoms with Crippen molar-refractivity contribution in [2.75, 3.05) is 0 Å². The fourth-order valence-electron chi connectivity index (χ4n) is 2.82. The molecule has 1 aromatic carbocycles. The first kappa shape index (κ1) is 14.5. The molecule has 6 heteroatoms. The Morgan fingerprint density at radius 1 is 1.30 bits per heavy atom. The number of aromatic nitrogens is 3. The average Bonchev–Trinajstić information content (AvgIpc) is 3.07. The lowest BCUT2D eigenvalue weighted by Gasteiger charge is -2.15. The molecule has 3 aromatic rings. The zero-order valence-electron chi connectivity index (χ0n) is 12.5. The maximum Gasteiger partial charge on any atom is 0.131 e. The number of nitrogens with zero attached hydrogens (tertiary/aromatic N) is 2. The van der Waals surface area contributed by atoms with Crippen molar-refractivity contribution in [1.82, 2.24) is 20.4 Å². The van der Waals surface area contributed by atoms with Gasteiger partial charge in [0.25, 0.3) is 0 Å². The minimum absolute atomic E-state index is 0.236. The number of rotatable bonds is 6. The van der Waals surface area contributed by atoms with Crippen LogP contribution in [0.4, 0.5) is 0 Å². The monoisotopic (exact) mass is 328 g/mol. The van der Waals surface area contributed by atoms with Crippen molar-refractivity contribution in [3.8, 4) is 11.1 Å².